The predicted molar refractivity (Wildman–Crippen MR) is 80.0 cm³/mol. The SMILES string of the molecule is Cn1ccnc1-c1cc2nccc(C3CCCNC3)n2n1. The minimum atomic E-state index is 0.498. The van der Waals surface area contributed by atoms with Crippen LogP contribution in [0, 0.1) is 0 Å². The lowest BCUT2D eigenvalue weighted by atomic mass is 9.96. The Morgan fingerprint density at radius 3 is 3.00 bits per heavy atom. The summed E-state index contributed by atoms with van der Waals surface area (Å²) >= 11 is 0. The van der Waals surface area contributed by atoms with E-state index >= 15 is 0 Å². The fourth-order valence-electron chi connectivity index (χ4n) is 3.05. The van der Waals surface area contributed by atoms with Crippen LogP contribution in [0.15, 0.2) is 30.7 Å². The van der Waals surface area contributed by atoms with Crippen molar-refractivity contribution in [2.75, 3.05) is 13.1 Å². The zero-order valence-electron chi connectivity index (χ0n) is 12.0. The molecule has 6 heteroatoms. The average molecular weight is 282 g/mol. The first-order valence-electron chi connectivity index (χ1n) is 7.36. The van der Waals surface area contributed by atoms with Crippen molar-refractivity contribution >= 4 is 5.65 Å². The molecule has 0 amide bonds. The van der Waals surface area contributed by atoms with Gasteiger partial charge in [-0.1, -0.05) is 0 Å². The molecule has 6 nitrogen and oxygen atoms in total. The molecule has 1 saturated heterocycles. The van der Waals surface area contributed by atoms with Crippen LogP contribution in [0.3, 0.4) is 0 Å². The van der Waals surface area contributed by atoms with Crippen LogP contribution in [0.4, 0.5) is 0 Å². The van der Waals surface area contributed by atoms with Gasteiger partial charge in [0.15, 0.2) is 11.5 Å². The summed E-state index contributed by atoms with van der Waals surface area (Å²) in [5.74, 6) is 1.37. The maximum Gasteiger partial charge on any atom is 0.160 e. The van der Waals surface area contributed by atoms with E-state index < -0.39 is 0 Å². The molecule has 1 aliphatic heterocycles. The van der Waals surface area contributed by atoms with Gasteiger partial charge in [0.1, 0.15) is 5.69 Å². The van der Waals surface area contributed by atoms with Gasteiger partial charge in [-0.05, 0) is 25.5 Å². The minimum Gasteiger partial charge on any atom is -0.333 e. The van der Waals surface area contributed by atoms with Crippen LogP contribution < -0.4 is 5.32 Å². The molecule has 1 N–H and O–H groups in total. The molecule has 4 rings (SSSR count). The molecule has 1 atom stereocenters. The van der Waals surface area contributed by atoms with Crippen molar-refractivity contribution < 1.29 is 0 Å². The number of aryl methyl sites for hydroxylation is 1. The predicted octanol–water partition coefficient (Wildman–Crippen LogP) is 1.60. The Hall–Kier alpha value is -2.21. The highest BCUT2D eigenvalue weighted by Gasteiger charge is 2.19. The number of hydrogen-bond donors (Lipinski definition) is 1. The summed E-state index contributed by atoms with van der Waals surface area (Å²) in [6.45, 7) is 2.12. The van der Waals surface area contributed by atoms with E-state index in [0.29, 0.717) is 5.92 Å². The summed E-state index contributed by atoms with van der Waals surface area (Å²) in [4.78, 5) is 8.81. The van der Waals surface area contributed by atoms with Gasteiger partial charge in [-0.25, -0.2) is 14.5 Å². The summed E-state index contributed by atoms with van der Waals surface area (Å²) in [7, 11) is 1.98. The van der Waals surface area contributed by atoms with Crippen LogP contribution in [0.25, 0.3) is 17.2 Å². The number of rotatable bonds is 2. The van der Waals surface area contributed by atoms with Gasteiger partial charge in [0.2, 0.25) is 0 Å². The smallest absolute Gasteiger partial charge is 0.160 e. The highest BCUT2D eigenvalue weighted by atomic mass is 15.3. The quantitative estimate of drug-likeness (QED) is 0.775. The first kappa shape index (κ1) is 12.5. The summed E-state index contributed by atoms with van der Waals surface area (Å²) in [6, 6.07) is 4.09. The number of nitrogens with zero attached hydrogens (tertiary/aromatic N) is 5. The molecule has 3 aromatic rings. The van der Waals surface area contributed by atoms with Gasteiger partial charge in [0, 0.05) is 44.2 Å². The lowest BCUT2D eigenvalue weighted by Gasteiger charge is -2.23. The fourth-order valence-corrected chi connectivity index (χ4v) is 3.05. The Kier molecular flexibility index (Phi) is 2.96. The third-order valence-corrected chi connectivity index (χ3v) is 4.15. The van der Waals surface area contributed by atoms with Crippen molar-refractivity contribution in [1.29, 1.82) is 0 Å². The molecular formula is C15H18N6. The minimum absolute atomic E-state index is 0.498. The van der Waals surface area contributed by atoms with E-state index in [9.17, 15) is 0 Å². The second-order valence-electron chi connectivity index (χ2n) is 5.57. The molecule has 4 heterocycles. The summed E-state index contributed by atoms with van der Waals surface area (Å²) in [5, 5.41) is 8.20. The zero-order valence-corrected chi connectivity index (χ0v) is 12.0. The summed E-state index contributed by atoms with van der Waals surface area (Å²) in [5.41, 5.74) is 2.98. The van der Waals surface area contributed by atoms with E-state index in [0.717, 1.165) is 30.3 Å². The number of hydrogen-bond acceptors (Lipinski definition) is 4. The maximum absolute atomic E-state index is 4.73. The summed E-state index contributed by atoms with van der Waals surface area (Å²) in [6.07, 6.45) is 8.01. The average Bonchev–Trinajstić information content (AvgIpc) is 3.13. The normalized spacial score (nSPS) is 19.2. The van der Waals surface area contributed by atoms with Crippen LogP contribution >= 0.6 is 0 Å². The van der Waals surface area contributed by atoms with Gasteiger partial charge in [0.05, 0.1) is 5.69 Å². The van der Waals surface area contributed by atoms with E-state index in [1.54, 1.807) is 6.20 Å². The Balaban J connectivity index is 1.82. The van der Waals surface area contributed by atoms with Crippen molar-refractivity contribution in [3.63, 3.8) is 0 Å². The van der Waals surface area contributed by atoms with E-state index in [1.165, 1.54) is 18.5 Å². The molecule has 0 aliphatic carbocycles. The van der Waals surface area contributed by atoms with Crippen molar-refractivity contribution in [2.45, 2.75) is 18.8 Å². The molecule has 108 valence electrons. The fraction of sp³-hybridized carbons (Fsp3) is 0.400. The number of aromatic nitrogens is 5. The van der Waals surface area contributed by atoms with Gasteiger partial charge in [-0.2, -0.15) is 5.10 Å². The third-order valence-electron chi connectivity index (χ3n) is 4.15. The number of piperidine rings is 1. The van der Waals surface area contributed by atoms with Crippen molar-refractivity contribution in [2.24, 2.45) is 7.05 Å². The second kappa shape index (κ2) is 4.96. The summed E-state index contributed by atoms with van der Waals surface area (Å²) < 4.78 is 3.95. The van der Waals surface area contributed by atoms with Gasteiger partial charge >= 0.3 is 0 Å². The van der Waals surface area contributed by atoms with Crippen LogP contribution in [0.2, 0.25) is 0 Å². The van der Waals surface area contributed by atoms with Crippen LogP contribution in [-0.4, -0.2) is 37.2 Å². The Bertz CT molecular complexity index is 765. The van der Waals surface area contributed by atoms with E-state index in [1.807, 2.05) is 34.6 Å². The molecule has 0 saturated carbocycles. The molecule has 0 aromatic carbocycles. The van der Waals surface area contributed by atoms with Gasteiger partial charge in [-0.15, -0.1) is 0 Å². The van der Waals surface area contributed by atoms with E-state index in [-0.39, 0.29) is 0 Å². The highest BCUT2D eigenvalue weighted by Crippen LogP contribution is 2.25. The highest BCUT2D eigenvalue weighted by molar-refractivity contribution is 5.58. The van der Waals surface area contributed by atoms with E-state index in [2.05, 4.69) is 21.4 Å². The van der Waals surface area contributed by atoms with E-state index in [4.69, 9.17) is 5.10 Å². The van der Waals surface area contributed by atoms with Crippen LogP contribution in [-0.2, 0) is 7.05 Å². The molecule has 0 spiro atoms. The Morgan fingerprint density at radius 2 is 2.24 bits per heavy atom. The largest absolute Gasteiger partial charge is 0.333 e. The van der Waals surface area contributed by atoms with Gasteiger partial charge in [-0.3, -0.25) is 0 Å². The van der Waals surface area contributed by atoms with Crippen molar-refractivity contribution in [1.82, 2.24) is 29.5 Å². The molecule has 1 unspecified atom stereocenters. The molecule has 3 aromatic heterocycles. The maximum atomic E-state index is 4.73. The monoisotopic (exact) mass is 282 g/mol. The molecule has 1 fully saturated rings. The lowest BCUT2D eigenvalue weighted by Crippen LogP contribution is -2.29. The molecule has 1 aliphatic rings. The van der Waals surface area contributed by atoms with Gasteiger partial charge < -0.3 is 9.88 Å². The standard InChI is InChI=1S/C15H18N6/c1-20-8-7-18-15(20)12-9-14-17-6-4-13(21(14)19-12)11-3-2-5-16-10-11/h4,6-9,11,16H,2-3,5,10H2,1H3. The number of imidazole rings is 1. The third kappa shape index (κ3) is 2.12. The topological polar surface area (TPSA) is 60.0 Å². The molecular weight excluding hydrogens is 264 g/mol. The molecule has 0 radical (unpaired) electrons. The van der Waals surface area contributed by atoms with Crippen molar-refractivity contribution in [3.05, 3.63) is 36.4 Å². The number of fused-ring (bicyclic) bond motifs is 1. The van der Waals surface area contributed by atoms with Crippen LogP contribution in [0.5, 0.6) is 0 Å². The Labute approximate surface area is 122 Å². The lowest BCUT2D eigenvalue weighted by molar-refractivity contribution is 0.448. The van der Waals surface area contributed by atoms with Crippen LogP contribution in [0.1, 0.15) is 24.5 Å². The first-order valence-corrected chi connectivity index (χ1v) is 7.36. The van der Waals surface area contributed by atoms with Gasteiger partial charge in [0.25, 0.3) is 0 Å². The molecule has 0 bridgehead atoms. The molecule has 21 heavy (non-hydrogen) atoms. The first-order chi connectivity index (χ1) is 10.3. The van der Waals surface area contributed by atoms with Crippen molar-refractivity contribution in [3.8, 4) is 11.5 Å². The zero-order chi connectivity index (χ0) is 14.2. The number of nitrogens with one attached hydrogen (secondary N) is 1. The Morgan fingerprint density at radius 1 is 1.29 bits per heavy atom. The second-order valence-corrected chi connectivity index (χ2v) is 5.57.